The van der Waals surface area contributed by atoms with Gasteiger partial charge in [-0.3, -0.25) is 0 Å². The third-order valence-electron chi connectivity index (χ3n) is 2.45. The molecule has 0 spiro atoms. The van der Waals surface area contributed by atoms with E-state index in [4.69, 9.17) is 17.2 Å². The van der Waals surface area contributed by atoms with Gasteiger partial charge in [0.05, 0.1) is 11.4 Å². The van der Waals surface area contributed by atoms with E-state index in [0.717, 1.165) is 18.4 Å². The smallest absolute Gasteiger partial charge is 0.0551 e. The lowest BCUT2D eigenvalue weighted by Crippen LogP contribution is -2.18. The van der Waals surface area contributed by atoms with Crippen molar-refractivity contribution in [3.05, 3.63) is 23.8 Å². The molecule has 1 saturated carbocycles. The summed E-state index contributed by atoms with van der Waals surface area (Å²) in [5, 5.41) is 0. The van der Waals surface area contributed by atoms with Gasteiger partial charge in [0.15, 0.2) is 0 Å². The average Bonchev–Trinajstić information content (AvgIpc) is 2.75. The average molecular weight is 163 g/mol. The van der Waals surface area contributed by atoms with Crippen molar-refractivity contribution in [2.24, 2.45) is 5.73 Å². The summed E-state index contributed by atoms with van der Waals surface area (Å²) in [6.45, 7) is 0. The van der Waals surface area contributed by atoms with E-state index in [1.165, 1.54) is 0 Å². The Hall–Kier alpha value is -1.22. The van der Waals surface area contributed by atoms with Crippen LogP contribution in [0.2, 0.25) is 0 Å². The Bertz CT molecular complexity index is 316. The first-order valence-corrected chi connectivity index (χ1v) is 4.06. The van der Waals surface area contributed by atoms with Gasteiger partial charge in [-0.2, -0.15) is 0 Å². The highest BCUT2D eigenvalue weighted by molar-refractivity contribution is 5.64. The highest BCUT2D eigenvalue weighted by Gasteiger charge is 2.39. The number of hydrogen-bond acceptors (Lipinski definition) is 3. The first-order valence-electron chi connectivity index (χ1n) is 4.06. The predicted octanol–water partition coefficient (Wildman–Crippen LogP) is 0.799. The minimum Gasteiger partial charge on any atom is -0.397 e. The largest absolute Gasteiger partial charge is 0.397 e. The summed E-state index contributed by atoms with van der Waals surface area (Å²) in [6, 6.07) is 5.65. The van der Waals surface area contributed by atoms with Crippen LogP contribution in [0.1, 0.15) is 18.4 Å². The van der Waals surface area contributed by atoms with Crippen LogP contribution in [0.5, 0.6) is 0 Å². The lowest BCUT2D eigenvalue weighted by Gasteiger charge is -2.10. The molecule has 1 aliphatic carbocycles. The molecule has 1 aromatic carbocycles. The molecule has 0 saturated heterocycles. The van der Waals surface area contributed by atoms with Crippen LogP contribution in [-0.4, -0.2) is 0 Å². The molecule has 64 valence electrons. The monoisotopic (exact) mass is 163 g/mol. The summed E-state index contributed by atoms with van der Waals surface area (Å²) in [6.07, 6.45) is 2.10. The molecule has 0 aliphatic heterocycles. The molecule has 2 rings (SSSR count). The quantitative estimate of drug-likeness (QED) is 0.536. The summed E-state index contributed by atoms with van der Waals surface area (Å²) in [5.41, 5.74) is 19.5. The van der Waals surface area contributed by atoms with E-state index < -0.39 is 0 Å². The van der Waals surface area contributed by atoms with Crippen LogP contribution in [0.25, 0.3) is 0 Å². The van der Waals surface area contributed by atoms with E-state index in [9.17, 15) is 0 Å². The summed E-state index contributed by atoms with van der Waals surface area (Å²) >= 11 is 0. The fourth-order valence-corrected chi connectivity index (χ4v) is 1.31. The Balaban J connectivity index is 2.41. The topological polar surface area (TPSA) is 78.1 Å². The molecule has 0 unspecified atom stereocenters. The maximum absolute atomic E-state index is 5.99. The summed E-state index contributed by atoms with van der Waals surface area (Å²) in [4.78, 5) is 0. The van der Waals surface area contributed by atoms with Gasteiger partial charge in [0.25, 0.3) is 0 Å². The molecule has 0 aromatic heterocycles. The van der Waals surface area contributed by atoms with Gasteiger partial charge in [0.1, 0.15) is 0 Å². The number of rotatable bonds is 1. The van der Waals surface area contributed by atoms with E-state index in [0.29, 0.717) is 11.4 Å². The minimum absolute atomic E-state index is 0.109. The van der Waals surface area contributed by atoms with Gasteiger partial charge in [0.2, 0.25) is 0 Å². The second-order valence-corrected chi connectivity index (χ2v) is 3.50. The van der Waals surface area contributed by atoms with Crippen LogP contribution in [-0.2, 0) is 5.54 Å². The Labute approximate surface area is 71.5 Å². The van der Waals surface area contributed by atoms with Gasteiger partial charge < -0.3 is 17.2 Å². The zero-order valence-corrected chi connectivity index (χ0v) is 6.88. The van der Waals surface area contributed by atoms with Crippen molar-refractivity contribution in [3.63, 3.8) is 0 Å². The van der Waals surface area contributed by atoms with Crippen molar-refractivity contribution in [3.8, 4) is 0 Å². The molecule has 0 amide bonds. The van der Waals surface area contributed by atoms with E-state index in [-0.39, 0.29) is 5.54 Å². The first kappa shape index (κ1) is 7.43. The zero-order valence-electron chi connectivity index (χ0n) is 6.88. The van der Waals surface area contributed by atoms with E-state index in [1.54, 1.807) is 0 Å². The van der Waals surface area contributed by atoms with Crippen LogP contribution < -0.4 is 17.2 Å². The fourth-order valence-electron chi connectivity index (χ4n) is 1.31. The molecular weight excluding hydrogens is 150 g/mol. The van der Waals surface area contributed by atoms with Crippen LogP contribution in [0, 0.1) is 0 Å². The SMILES string of the molecule is Nc1ccc(C2(N)CC2)cc1N. The first-order chi connectivity index (χ1) is 5.62. The van der Waals surface area contributed by atoms with Gasteiger partial charge in [0, 0.05) is 5.54 Å². The van der Waals surface area contributed by atoms with Gasteiger partial charge in [-0.1, -0.05) is 6.07 Å². The zero-order chi connectivity index (χ0) is 8.77. The normalized spacial score (nSPS) is 19.1. The molecule has 0 heterocycles. The number of benzene rings is 1. The summed E-state index contributed by atoms with van der Waals surface area (Å²) in [5.74, 6) is 0. The standard InChI is InChI=1S/C9H13N3/c10-7-2-1-6(5-8(7)11)9(12)3-4-9/h1-2,5H,3-4,10-12H2. The van der Waals surface area contributed by atoms with E-state index in [1.807, 2.05) is 18.2 Å². The van der Waals surface area contributed by atoms with Crippen molar-refractivity contribution >= 4 is 11.4 Å². The molecule has 1 aromatic rings. The maximum atomic E-state index is 5.99. The van der Waals surface area contributed by atoms with Crippen LogP contribution in [0.3, 0.4) is 0 Å². The second-order valence-electron chi connectivity index (χ2n) is 3.50. The van der Waals surface area contributed by atoms with Gasteiger partial charge >= 0.3 is 0 Å². The molecule has 0 bridgehead atoms. The second kappa shape index (κ2) is 2.14. The Morgan fingerprint density at radius 2 is 1.75 bits per heavy atom. The van der Waals surface area contributed by atoms with Crippen molar-refractivity contribution in [1.29, 1.82) is 0 Å². The summed E-state index contributed by atoms with van der Waals surface area (Å²) in [7, 11) is 0. The van der Waals surface area contributed by atoms with Crippen molar-refractivity contribution in [1.82, 2.24) is 0 Å². The van der Waals surface area contributed by atoms with Crippen LogP contribution in [0.15, 0.2) is 18.2 Å². The van der Waals surface area contributed by atoms with E-state index in [2.05, 4.69) is 0 Å². The Morgan fingerprint density at radius 1 is 1.08 bits per heavy atom. The highest BCUT2D eigenvalue weighted by Crippen LogP contribution is 2.43. The predicted molar refractivity (Wildman–Crippen MR) is 50.4 cm³/mol. The molecule has 1 fully saturated rings. The molecule has 6 N–H and O–H groups in total. The number of anilines is 2. The minimum atomic E-state index is -0.109. The third-order valence-corrected chi connectivity index (χ3v) is 2.45. The number of hydrogen-bond donors (Lipinski definition) is 3. The molecular formula is C9H13N3. The van der Waals surface area contributed by atoms with Gasteiger partial charge in [-0.05, 0) is 30.5 Å². The van der Waals surface area contributed by atoms with Crippen LogP contribution in [0.4, 0.5) is 11.4 Å². The molecule has 0 radical (unpaired) electrons. The molecule has 3 heteroatoms. The molecule has 0 atom stereocenters. The number of nitrogens with two attached hydrogens (primary N) is 3. The summed E-state index contributed by atoms with van der Waals surface area (Å²) < 4.78 is 0. The highest BCUT2D eigenvalue weighted by atomic mass is 14.8. The van der Waals surface area contributed by atoms with Crippen molar-refractivity contribution in [2.45, 2.75) is 18.4 Å². The Kier molecular flexibility index (Phi) is 1.32. The van der Waals surface area contributed by atoms with Crippen molar-refractivity contribution in [2.75, 3.05) is 11.5 Å². The molecule has 1 aliphatic rings. The third kappa shape index (κ3) is 1.02. The number of nitrogen functional groups attached to an aromatic ring is 2. The lowest BCUT2D eigenvalue weighted by atomic mass is 10.0. The Morgan fingerprint density at radius 3 is 2.25 bits per heavy atom. The van der Waals surface area contributed by atoms with E-state index >= 15 is 0 Å². The van der Waals surface area contributed by atoms with Crippen molar-refractivity contribution < 1.29 is 0 Å². The molecule has 12 heavy (non-hydrogen) atoms. The molecule has 3 nitrogen and oxygen atoms in total. The maximum Gasteiger partial charge on any atom is 0.0551 e. The van der Waals surface area contributed by atoms with Gasteiger partial charge in [-0.25, -0.2) is 0 Å². The lowest BCUT2D eigenvalue weighted by molar-refractivity contribution is 0.741. The van der Waals surface area contributed by atoms with Crippen LogP contribution >= 0.6 is 0 Å². The fraction of sp³-hybridized carbons (Fsp3) is 0.333. The van der Waals surface area contributed by atoms with Gasteiger partial charge in [-0.15, -0.1) is 0 Å².